The predicted molar refractivity (Wildman–Crippen MR) is 48.6 cm³/mol. The van der Waals surface area contributed by atoms with Crippen LogP contribution in [0.4, 0.5) is 13.2 Å². The molecule has 1 unspecified atom stereocenters. The molecule has 0 saturated heterocycles. The second-order valence-corrected chi connectivity index (χ2v) is 3.62. The summed E-state index contributed by atoms with van der Waals surface area (Å²) in [4.78, 5) is 10.4. The summed E-state index contributed by atoms with van der Waals surface area (Å²) in [5.41, 5.74) is -0.963. The Labute approximate surface area is 89.7 Å². The fourth-order valence-electron chi connectivity index (χ4n) is 1.30. The summed E-state index contributed by atoms with van der Waals surface area (Å²) in [7, 11) is 0. The van der Waals surface area contributed by atoms with Crippen LogP contribution in [0.1, 0.15) is 19.0 Å². The van der Waals surface area contributed by atoms with E-state index in [2.05, 4.69) is 5.10 Å². The van der Waals surface area contributed by atoms with Crippen molar-refractivity contribution in [1.82, 2.24) is 9.78 Å². The van der Waals surface area contributed by atoms with E-state index in [1.54, 1.807) is 6.92 Å². The van der Waals surface area contributed by atoms with E-state index in [1.165, 1.54) is 6.20 Å². The molecule has 0 spiro atoms. The first-order chi connectivity index (χ1) is 7.29. The van der Waals surface area contributed by atoms with Crippen LogP contribution in [0.3, 0.4) is 0 Å². The Morgan fingerprint density at radius 2 is 2.25 bits per heavy atom. The monoisotopic (exact) mass is 236 g/mol. The molecule has 1 heterocycles. The largest absolute Gasteiger partial charge is 0.481 e. The standard InChI is InChI=1S/C9H11F3N2O2/c1-6(4-8(15)16)5-14-3-2-7(13-14)9(10,11)12/h2-3,6H,4-5H2,1H3,(H,15,16). The highest BCUT2D eigenvalue weighted by molar-refractivity contribution is 5.66. The molecule has 0 amide bonds. The summed E-state index contributed by atoms with van der Waals surface area (Å²) >= 11 is 0. The second-order valence-electron chi connectivity index (χ2n) is 3.62. The molecule has 1 atom stereocenters. The molecule has 4 nitrogen and oxygen atoms in total. The van der Waals surface area contributed by atoms with Crippen molar-refractivity contribution in [3.8, 4) is 0 Å². The lowest BCUT2D eigenvalue weighted by molar-refractivity contribution is -0.142. The number of carboxylic acid groups (broad SMARTS) is 1. The van der Waals surface area contributed by atoms with E-state index in [0.29, 0.717) is 0 Å². The van der Waals surface area contributed by atoms with Gasteiger partial charge in [-0.15, -0.1) is 0 Å². The molecule has 0 aromatic carbocycles. The molecule has 0 fully saturated rings. The maximum Gasteiger partial charge on any atom is 0.435 e. The Morgan fingerprint density at radius 1 is 1.62 bits per heavy atom. The summed E-state index contributed by atoms with van der Waals surface area (Å²) in [6.07, 6.45) is -3.36. The van der Waals surface area contributed by atoms with E-state index in [-0.39, 0.29) is 18.9 Å². The number of rotatable bonds is 4. The third-order valence-corrected chi connectivity index (χ3v) is 1.95. The minimum absolute atomic E-state index is 0.0960. The third kappa shape index (κ3) is 3.56. The molecule has 0 radical (unpaired) electrons. The highest BCUT2D eigenvalue weighted by atomic mass is 19.4. The molecule has 16 heavy (non-hydrogen) atoms. The van der Waals surface area contributed by atoms with Crippen molar-refractivity contribution in [1.29, 1.82) is 0 Å². The average Bonchev–Trinajstić information content (AvgIpc) is 2.49. The van der Waals surface area contributed by atoms with Gasteiger partial charge in [0.25, 0.3) is 0 Å². The van der Waals surface area contributed by atoms with Gasteiger partial charge in [0.2, 0.25) is 0 Å². The molecule has 0 aliphatic heterocycles. The Hall–Kier alpha value is -1.53. The van der Waals surface area contributed by atoms with E-state index in [0.717, 1.165) is 10.7 Å². The van der Waals surface area contributed by atoms with Crippen molar-refractivity contribution in [2.75, 3.05) is 0 Å². The first kappa shape index (κ1) is 12.5. The summed E-state index contributed by atoms with van der Waals surface area (Å²) in [6.45, 7) is 1.80. The van der Waals surface area contributed by atoms with Gasteiger partial charge >= 0.3 is 12.1 Å². The minimum atomic E-state index is -4.46. The molecule has 1 rings (SSSR count). The summed E-state index contributed by atoms with van der Waals surface area (Å²) in [5, 5.41) is 11.8. The fraction of sp³-hybridized carbons (Fsp3) is 0.556. The van der Waals surface area contributed by atoms with Gasteiger partial charge in [-0.25, -0.2) is 0 Å². The van der Waals surface area contributed by atoms with E-state index in [9.17, 15) is 18.0 Å². The van der Waals surface area contributed by atoms with Crippen LogP contribution in [0.15, 0.2) is 12.3 Å². The van der Waals surface area contributed by atoms with Crippen LogP contribution in [0.2, 0.25) is 0 Å². The molecule has 1 N–H and O–H groups in total. The SMILES string of the molecule is CC(CC(=O)O)Cn1ccc(C(F)(F)F)n1. The zero-order valence-corrected chi connectivity index (χ0v) is 8.53. The Morgan fingerprint density at radius 3 is 2.69 bits per heavy atom. The van der Waals surface area contributed by atoms with Crippen molar-refractivity contribution >= 4 is 5.97 Å². The lowest BCUT2D eigenvalue weighted by Gasteiger charge is -2.08. The number of halogens is 3. The van der Waals surface area contributed by atoms with E-state index in [1.807, 2.05) is 0 Å². The van der Waals surface area contributed by atoms with E-state index < -0.39 is 17.8 Å². The Kier molecular flexibility index (Phi) is 3.56. The molecular formula is C9H11F3N2O2. The highest BCUT2D eigenvalue weighted by Gasteiger charge is 2.33. The van der Waals surface area contributed by atoms with E-state index in [4.69, 9.17) is 5.11 Å². The van der Waals surface area contributed by atoms with Gasteiger partial charge in [0.05, 0.1) is 0 Å². The van der Waals surface area contributed by atoms with Crippen molar-refractivity contribution in [2.24, 2.45) is 5.92 Å². The van der Waals surface area contributed by atoms with Gasteiger partial charge in [-0.2, -0.15) is 18.3 Å². The molecule has 0 aliphatic rings. The van der Waals surface area contributed by atoms with Gasteiger partial charge < -0.3 is 5.11 Å². The molecule has 7 heteroatoms. The van der Waals surface area contributed by atoms with Crippen molar-refractivity contribution in [3.63, 3.8) is 0 Å². The molecule has 1 aromatic heterocycles. The maximum atomic E-state index is 12.2. The van der Waals surface area contributed by atoms with Crippen molar-refractivity contribution in [3.05, 3.63) is 18.0 Å². The smallest absolute Gasteiger partial charge is 0.435 e. The molecule has 1 aromatic rings. The lowest BCUT2D eigenvalue weighted by atomic mass is 10.1. The maximum absolute atomic E-state index is 12.2. The number of carbonyl (C=O) groups is 1. The number of hydrogen-bond donors (Lipinski definition) is 1. The van der Waals surface area contributed by atoms with Gasteiger partial charge in [0.15, 0.2) is 5.69 Å². The van der Waals surface area contributed by atoms with Crippen LogP contribution < -0.4 is 0 Å². The number of hydrogen-bond acceptors (Lipinski definition) is 2. The summed E-state index contributed by atoms with van der Waals surface area (Å²) < 4.78 is 37.6. The molecule has 0 bridgehead atoms. The number of aromatic nitrogens is 2. The highest BCUT2D eigenvalue weighted by Crippen LogP contribution is 2.27. The fourth-order valence-corrected chi connectivity index (χ4v) is 1.30. The Bertz CT molecular complexity index is 373. The quantitative estimate of drug-likeness (QED) is 0.870. The number of alkyl halides is 3. The number of nitrogens with zero attached hydrogens (tertiary/aromatic N) is 2. The zero-order valence-electron chi connectivity index (χ0n) is 8.53. The van der Waals surface area contributed by atoms with Gasteiger partial charge in [0, 0.05) is 19.2 Å². The zero-order chi connectivity index (χ0) is 12.3. The first-order valence-electron chi connectivity index (χ1n) is 4.61. The van der Waals surface area contributed by atoms with Gasteiger partial charge in [-0.1, -0.05) is 6.92 Å². The number of aliphatic carboxylic acids is 1. The lowest BCUT2D eigenvalue weighted by Crippen LogP contribution is -2.14. The molecule has 90 valence electrons. The van der Waals surface area contributed by atoms with Crippen LogP contribution in [0, 0.1) is 5.92 Å². The number of carboxylic acids is 1. The van der Waals surface area contributed by atoms with Crippen LogP contribution in [-0.2, 0) is 17.5 Å². The van der Waals surface area contributed by atoms with Crippen LogP contribution in [0.25, 0.3) is 0 Å². The topological polar surface area (TPSA) is 55.1 Å². The van der Waals surface area contributed by atoms with Gasteiger partial charge in [0.1, 0.15) is 0 Å². The molecular weight excluding hydrogens is 225 g/mol. The van der Waals surface area contributed by atoms with Crippen LogP contribution in [-0.4, -0.2) is 20.9 Å². The van der Waals surface area contributed by atoms with Crippen molar-refractivity contribution < 1.29 is 23.1 Å². The minimum Gasteiger partial charge on any atom is -0.481 e. The van der Waals surface area contributed by atoms with Gasteiger partial charge in [-0.3, -0.25) is 9.48 Å². The summed E-state index contributed by atoms with van der Waals surface area (Å²) in [5.74, 6) is -1.24. The summed E-state index contributed by atoms with van der Waals surface area (Å²) in [6, 6.07) is 0.869. The first-order valence-corrected chi connectivity index (χ1v) is 4.61. The van der Waals surface area contributed by atoms with Crippen LogP contribution >= 0.6 is 0 Å². The van der Waals surface area contributed by atoms with Crippen LogP contribution in [0.5, 0.6) is 0 Å². The third-order valence-electron chi connectivity index (χ3n) is 1.95. The average molecular weight is 236 g/mol. The Balaban J connectivity index is 2.62. The normalized spacial score (nSPS) is 13.8. The second kappa shape index (κ2) is 4.54. The van der Waals surface area contributed by atoms with E-state index >= 15 is 0 Å². The predicted octanol–water partition coefficient (Wildman–Crippen LogP) is 2.01. The van der Waals surface area contributed by atoms with Gasteiger partial charge in [-0.05, 0) is 12.0 Å². The molecule has 0 aliphatic carbocycles. The van der Waals surface area contributed by atoms with Crippen molar-refractivity contribution in [2.45, 2.75) is 26.1 Å². The molecule has 0 saturated carbocycles.